The van der Waals surface area contributed by atoms with Gasteiger partial charge >= 0.3 is 0 Å². The summed E-state index contributed by atoms with van der Waals surface area (Å²) in [7, 11) is 0. The summed E-state index contributed by atoms with van der Waals surface area (Å²) in [5.41, 5.74) is 6.63. The van der Waals surface area contributed by atoms with Gasteiger partial charge in [0.05, 0.1) is 0 Å². The van der Waals surface area contributed by atoms with Crippen LogP contribution in [0.1, 0.15) is 73.1 Å². The summed E-state index contributed by atoms with van der Waals surface area (Å²) in [5.74, 6) is 2.45. The molecule has 2 atom stereocenters. The zero-order valence-electron chi connectivity index (χ0n) is 15.3. The topological polar surface area (TPSA) is 29.3 Å². The molecule has 2 unspecified atom stereocenters. The van der Waals surface area contributed by atoms with Crippen LogP contribution in [0.4, 0.5) is 0 Å². The van der Waals surface area contributed by atoms with E-state index in [4.69, 9.17) is 5.73 Å². The molecule has 2 N–H and O–H groups in total. The molecule has 0 amide bonds. The third-order valence-electron chi connectivity index (χ3n) is 5.22. The van der Waals surface area contributed by atoms with E-state index < -0.39 is 0 Å². The van der Waals surface area contributed by atoms with Gasteiger partial charge in [-0.3, -0.25) is 0 Å². The van der Waals surface area contributed by atoms with Gasteiger partial charge in [-0.05, 0) is 68.5 Å². The van der Waals surface area contributed by atoms with E-state index in [1.165, 1.54) is 58.2 Å². The Morgan fingerprint density at radius 2 is 1.67 bits per heavy atom. The first-order valence-electron chi connectivity index (χ1n) is 9.29. The van der Waals surface area contributed by atoms with Gasteiger partial charge in [0.1, 0.15) is 0 Å². The van der Waals surface area contributed by atoms with Gasteiger partial charge in [-0.25, -0.2) is 0 Å². The maximum atomic E-state index is 6.23. The Labute approximate surface area is 133 Å². The van der Waals surface area contributed by atoms with Crippen molar-refractivity contribution in [2.24, 2.45) is 28.9 Å². The average molecular weight is 297 g/mol. The Kier molecular flexibility index (Phi) is 8.26. The van der Waals surface area contributed by atoms with Gasteiger partial charge in [-0.2, -0.15) is 0 Å². The molecular formula is C19H40N2. The lowest BCUT2D eigenvalue weighted by Gasteiger charge is -2.43. The molecule has 0 aromatic carbocycles. The molecule has 0 bridgehead atoms. The van der Waals surface area contributed by atoms with Crippen molar-refractivity contribution in [3.63, 3.8) is 0 Å². The third kappa shape index (κ3) is 7.15. The summed E-state index contributed by atoms with van der Waals surface area (Å²) in [4.78, 5) is 2.73. The predicted octanol–water partition coefficient (Wildman–Crippen LogP) is 4.54. The molecule has 0 heterocycles. The Morgan fingerprint density at radius 3 is 2.10 bits per heavy atom. The summed E-state index contributed by atoms with van der Waals surface area (Å²) in [5, 5.41) is 0. The van der Waals surface area contributed by atoms with Crippen LogP contribution in [0, 0.1) is 23.2 Å². The summed E-state index contributed by atoms with van der Waals surface area (Å²) in [6.45, 7) is 16.4. The van der Waals surface area contributed by atoms with Crippen LogP contribution in [0.5, 0.6) is 0 Å². The van der Waals surface area contributed by atoms with Crippen LogP contribution in [0.2, 0.25) is 0 Å². The smallest absolute Gasteiger partial charge is 0.00502 e. The van der Waals surface area contributed by atoms with E-state index >= 15 is 0 Å². The van der Waals surface area contributed by atoms with E-state index in [0.29, 0.717) is 5.41 Å². The third-order valence-corrected chi connectivity index (χ3v) is 5.22. The van der Waals surface area contributed by atoms with Crippen LogP contribution in [-0.4, -0.2) is 31.1 Å². The van der Waals surface area contributed by atoms with Crippen molar-refractivity contribution >= 4 is 0 Å². The lowest BCUT2D eigenvalue weighted by atomic mass is 9.69. The first-order valence-corrected chi connectivity index (χ1v) is 9.29. The minimum Gasteiger partial charge on any atom is -0.330 e. The molecule has 1 aliphatic carbocycles. The van der Waals surface area contributed by atoms with Gasteiger partial charge in [0, 0.05) is 6.54 Å². The standard InChI is InChI=1S/C19H40N2/c1-16(2)8-11-21(12-9-17(3)4)15-19(14-20)10-6-7-18(5)13-19/h16-18H,6-15,20H2,1-5H3. The zero-order valence-corrected chi connectivity index (χ0v) is 15.3. The molecule has 0 aliphatic heterocycles. The molecule has 2 nitrogen and oxygen atoms in total. The Bertz CT molecular complexity index is 263. The van der Waals surface area contributed by atoms with E-state index in [1.54, 1.807) is 0 Å². The second-order valence-electron chi connectivity index (χ2n) is 8.55. The van der Waals surface area contributed by atoms with Gasteiger partial charge < -0.3 is 10.6 Å². The van der Waals surface area contributed by atoms with Gasteiger partial charge in [0.25, 0.3) is 0 Å². The number of hydrogen-bond donors (Lipinski definition) is 1. The molecular weight excluding hydrogens is 256 g/mol. The minimum atomic E-state index is 0.394. The molecule has 0 spiro atoms. The van der Waals surface area contributed by atoms with Crippen molar-refractivity contribution in [2.75, 3.05) is 26.2 Å². The largest absolute Gasteiger partial charge is 0.330 e. The number of nitrogens with zero attached hydrogens (tertiary/aromatic N) is 1. The molecule has 1 saturated carbocycles. The van der Waals surface area contributed by atoms with E-state index in [-0.39, 0.29) is 0 Å². The number of nitrogens with two attached hydrogens (primary N) is 1. The highest BCUT2D eigenvalue weighted by atomic mass is 15.1. The lowest BCUT2D eigenvalue weighted by molar-refractivity contribution is 0.0829. The van der Waals surface area contributed by atoms with Crippen LogP contribution in [0.3, 0.4) is 0 Å². The summed E-state index contributed by atoms with van der Waals surface area (Å²) < 4.78 is 0. The maximum Gasteiger partial charge on any atom is 0.00502 e. The molecule has 0 aromatic rings. The van der Waals surface area contributed by atoms with Crippen molar-refractivity contribution in [2.45, 2.75) is 73.1 Å². The predicted molar refractivity (Wildman–Crippen MR) is 94.5 cm³/mol. The fraction of sp³-hybridized carbons (Fsp3) is 1.00. The molecule has 21 heavy (non-hydrogen) atoms. The molecule has 1 fully saturated rings. The Balaban J connectivity index is 2.62. The van der Waals surface area contributed by atoms with Crippen LogP contribution in [0.15, 0.2) is 0 Å². The Hall–Kier alpha value is -0.0800. The summed E-state index contributed by atoms with van der Waals surface area (Å²) in [6, 6.07) is 0. The van der Waals surface area contributed by atoms with Crippen LogP contribution in [0.25, 0.3) is 0 Å². The average Bonchev–Trinajstić information content (AvgIpc) is 2.41. The highest BCUT2D eigenvalue weighted by Crippen LogP contribution is 2.39. The number of hydrogen-bond acceptors (Lipinski definition) is 2. The van der Waals surface area contributed by atoms with Crippen molar-refractivity contribution < 1.29 is 0 Å². The van der Waals surface area contributed by atoms with Crippen molar-refractivity contribution in [3.05, 3.63) is 0 Å². The first kappa shape index (κ1) is 19.0. The summed E-state index contributed by atoms with van der Waals surface area (Å²) in [6.07, 6.45) is 8.08. The fourth-order valence-corrected chi connectivity index (χ4v) is 3.79. The maximum absolute atomic E-state index is 6.23. The van der Waals surface area contributed by atoms with E-state index in [0.717, 1.165) is 24.3 Å². The van der Waals surface area contributed by atoms with E-state index in [1.807, 2.05) is 0 Å². The molecule has 0 radical (unpaired) electrons. The zero-order chi connectivity index (χ0) is 15.9. The number of rotatable bonds is 9. The van der Waals surface area contributed by atoms with Crippen LogP contribution in [-0.2, 0) is 0 Å². The second kappa shape index (κ2) is 9.15. The molecule has 1 aliphatic rings. The SMILES string of the molecule is CC(C)CCN(CCC(C)C)CC1(CN)CCCC(C)C1. The normalized spacial score (nSPS) is 27.0. The Morgan fingerprint density at radius 1 is 1.10 bits per heavy atom. The lowest BCUT2D eigenvalue weighted by Crippen LogP contribution is -2.46. The molecule has 0 aromatic heterocycles. The molecule has 0 saturated heterocycles. The quantitative estimate of drug-likeness (QED) is 0.677. The second-order valence-corrected chi connectivity index (χ2v) is 8.55. The highest BCUT2D eigenvalue weighted by Gasteiger charge is 2.35. The minimum absolute atomic E-state index is 0.394. The monoisotopic (exact) mass is 296 g/mol. The van der Waals surface area contributed by atoms with Crippen molar-refractivity contribution in [1.29, 1.82) is 0 Å². The van der Waals surface area contributed by atoms with Gasteiger partial charge in [0.2, 0.25) is 0 Å². The van der Waals surface area contributed by atoms with E-state index in [9.17, 15) is 0 Å². The highest BCUT2D eigenvalue weighted by molar-refractivity contribution is 4.89. The van der Waals surface area contributed by atoms with Gasteiger partial charge in [-0.15, -0.1) is 0 Å². The first-order chi connectivity index (χ1) is 9.87. The van der Waals surface area contributed by atoms with Crippen LogP contribution < -0.4 is 5.73 Å². The molecule has 2 heteroatoms. The molecule has 1 rings (SSSR count). The molecule has 126 valence electrons. The van der Waals surface area contributed by atoms with Crippen LogP contribution >= 0.6 is 0 Å². The summed E-state index contributed by atoms with van der Waals surface area (Å²) >= 11 is 0. The van der Waals surface area contributed by atoms with E-state index in [2.05, 4.69) is 39.5 Å². The van der Waals surface area contributed by atoms with Gasteiger partial charge in [0.15, 0.2) is 0 Å². The van der Waals surface area contributed by atoms with Crippen molar-refractivity contribution in [1.82, 2.24) is 4.90 Å². The fourth-order valence-electron chi connectivity index (χ4n) is 3.79. The van der Waals surface area contributed by atoms with Crippen molar-refractivity contribution in [3.8, 4) is 0 Å². The van der Waals surface area contributed by atoms with Gasteiger partial charge in [-0.1, -0.05) is 47.5 Å².